The molecule has 0 N–H and O–H groups in total. The minimum absolute atomic E-state index is 0.00759. The third-order valence-corrected chi connectivity index (χ3v) is 2.01. The van der Waals surface area contributed by atoms with Crippen LogP contribution < -0.4 is 4.74 Å². The maximum absolute atomic E-state index is 11.4. The SMILES string of the molecule is CN(C)C(=O)Oc1nc(Cl)nc2nn(C)nc12. The van der Waals surface area contributed by atoms with Gasteiger partial charge in [-0.15, -0.1) is 10.2 Å². The molecule has 0 aromatic carbocycles. The number of aryl methyl sites for hydroxylation is 1. The summed E-state index contributed by atoms with van der Waals surface area (Å²) in [6.07, 6.45) is -0.577. The van der Waals surface area contributed by atoms with Crippen LogP contribution in [0.5, 0.6) is 5.88 Å². The van der Waals surface area contributed by atoms with E-state index in [0.717, 1.165) is 0 Å². The molecule has 0 unspecified atom stereocenters. The maximum atomic E-state index is 11.4. The van der Waals surface area contributed by atoms with Gasteiger partial charge in [-0.05, 0) is 11.6 Å². The Morgan fingerprint density at radius 2 is 2.06 bits per heavy atom. The molecule has 90 valence electrons. The maximum Gasteiger partial charge on any atom is 0.416 e. The summed E-state index contributed by atoms with van der Waals surface area (Å²) in [7, 11) is 4.73. The molecule has 2 aromatic heterocycles. The fraction of sp³-hybridized carbons (Fsp3) is 0.375. The first kappa shape index (κ1) is 11.5. The summed E-state index contributed by atoms with van der Waals surface area (Å²) in [4.78, 5) is 21.6. The Labute approximate surface area is 101 Å². The number of aromatic nitrogens is 5. The van der Waals surface area contributed by atoms with E-state index in [9.17, 15) is 4.79 Å². The molecule has 0 fully saturated rings. The van der Waals surface area contributed by atoms with Gasteiger partial charge in [-0.2, -0.15) is 14.8 Å². The molecule has 17 heavy (non-hydrogen) atoms. The highest BCUT2D eigenvalue weighted by Gasteiger charge is 2.17. The molecule has 0 bridgehead atoms. The Bertz CT molecular complexity index is 581. The lowest BCUT2D eigenvalue weighted by Crippen LogP contribution is -2.25. The summed E-state index contributed by atoms with van der Waals surface area (Å²) in [5, 5.41) is 7.89. The van der Waals surface area contributed by atoms with E-state index in [1.807, 2.05) is 0 Å². The highest BCUT2D eigenvalue weighted by Crippen LogP contribution is 2.20. The standard InChI is InChI=1S/C8H9ClN6O2/c1-14(2)8(16)17-6-4-5(10-7(9)11-6)13-15(3)12-4/h1-3H3. The van der Waals surface area contributed by atoms with Gasteiger partial charge in [-0.3, -0.25) is 0 Å². The number of nitrogens with zero attached hydrogens (tertiary/aromatic N) is 6. The summed E-state index contributed by atoms with van der Waals surface area (Å²) in [6.45, 7) is 0. The van der Waals surface area contributed by atoms with Crippen molar-refractivity contribution in [1.29, 1.82) is 0 Å². The average Bonchev–Trinajstić information content (AvgIpc) is 2.58. The first-order valence-corrected chi connectivity index (χ1v) is 4.99. The Morgan fingerprint density at radius 3 is 2.71 bits per heavy atom. The molecule has 0 spiro atoms. The summed E-state index contributed by atoms with van der Waals surface area (Å²) < 4.78 is 5.02. The highest BCUT2D eigenvalue weighted by atomic mass is 35.5. The third kappa shape index (κ3) is 2.26. The van der Waals surface area contributed by atoms with E-state index in [0.29, 0.717) is 0 Å². The molecule has 0 radical (unpaired) electrons. The topological polar surface area (TPSA) is 86.0 Å². The van der Waals surface area contributed by atoms with E-state index in [4.69, 9.17) is 16.3 Å². The number of hydrogen-bond acceptors (Lipinski definition) is 6. The van der Waals surface area contributed by atoms with Gasteiger partial charge in [0.2, 0.25) is 10.9 Å². The molecule has 1 amide bonds. The molecular weight excluding hydrogens is 248 g/mol. The van der Waals surface area contributed by atoms with Crippen molar-refractivity contribution >= 4 is 28.9 Å². The van der Waals surface area contributed by atoms with Crippen LogP contribution in [0.4, 0.5) is 4.79 Å². The van der Waals surface area contributed by atoms with Gasteiger partial charge in [-0.1, -0.05) is 0 Å². The Morgan fingerprint density at radius 1 is 1.35 bits per heavy atom. The van der Waals surface area contributed by atoms with E-state index in [2.05, 4.69) is 20.2 Å². The van der Waals surface area contributed by atoms with E-state index >= 15 is 0 Å². The van der Waals surface area contributed by atoms with Gasteiger partial charge in [0.25, 0.3) is 5.88 Å². The number of ether oxygens (including phenoxy) is 1. The molecule has 0 aliphatic heterocycles. The van der Waals surface area contributed by atoms with E-state index in [1.165, 1.54) is 9.70 Å². The van der Waals surface area contributed by atoms with Crippen LogP contribution in [0.25, 0.3) is 11.2 Å². The van der Waals surface area contributed by atoms with Crippen molar-refractivity contribution in [2.24, 2.45) is 7.05 Å². The molecule has 0 aliphatic carbocycles. The lowest BCUT2D eigenvalue weighted by molar-refractivity contribution is 0.170. The summed E-state index contributed by atoms with van der Waals surface area (Å²) >= 11 is 5.69. The molecule has 0 saturated heterocycles. The normalized spacial score (nSPS) is 10.6. The van der Waals surface area contributed by atoms with Crippen LogP contribution in [0.2, 0.25) is 5.28 Å². The number of amides is 1. The summed E-state index contributed by atoms with van der Waals surface area (Å²) in [5.41, 5.74) is 0.557. The zero-order valence-corrected chi connectivity index (χ0v) is 10.1. The van der Waals surface area contributed by atoms with Crippen LogP contribution in [0.15, 0.2) is 0 Å². The van der Waals surface area contributed by atoms with Gasteiger partial charge >= 0.3 is 6.09 Å². The van der Waals surface area contributed by atoms with Crippen LogP contribution >= 0.6 is 11.6 Å². The van der Waals surface area contributed by atoms with Crippen LogP contribution in [0.3, 0.4) is 0 Å². The largest absolute Gasteiger partial charge is 0.416 e. The Hall–Kier alpha value is -1.96. The van der Waals surface area contributed by atoms with Crippen molar-refractivity contribution in [2.45, 2.75) is 0 Å². The smallest absolute Gasteiger partial charge is 0.388 e. The van der Waals surface area contributed by atoms with Crippen LogP contribution in [0.1, 0.15) is 0 Å². The molecule has 0 saturated carbocycles. The van der Waals surface area contributed by atoms with Crippen LogP contribution in [0, 0.1) is 0 Å². The first-order chi connectivity index (χ1) is 7.97. The first-order valence-electron chi connectivity index (χ1n) is 4.61. The Kier molecular flexibility index (Phi) is 2.80. The average molecular weight is 257 g/mol. The van der Waals surface area contributed by atoms with E-state index < -0.39 is 6.09 Å². The van der Waals surface area contributed by atoms with Gasteiger partial charge in [0.1, 0.15) is 0 Å². The van der Waals surface area contributed by atoms with Crippen molar-refractivity contribution in [1.82, 2.24) is 29.9 Å². The number of rotatable bonds is 1. The molecule has 0 aliphatic rings. The van der Waals surface area contributed by atoms with Gasteiger partial charge in [0.05, 0.1) is 0 Å². The van der Waals surface area contributed by atoms with Crippen molar-refractivity contribution in [3.05, 3.63) is 5.28 Å². The second kappa shape index (κ2) is 4.13. The minimum Gasteiger partial charge on any atom is -0.388 e. The summed E-state index contributed by atoms with van der Waals surface area (Å²) in [6, 6.07) is 0. The lowest BCUT2D eigenvalue weighted by Gasteiger charge is -2.09. The van der Waals surface area contributed by atoms with Crippen molar-refractivity contribution in [3.63, 3.8) is 0 Å². The predicted molar refractivity (Wildman–Crippen MR) is 58.8 cm³/mol. The van der Waals surface area contributed by atoms with Crippen molar-refractivity contribution in [2.75, 3.05) is 14.1 Å². The zero-order valence-electron chi connectivity index (χ0n) is 9.38. The molecule has 9 heteroatoms. The minimum atomic E-state index is -0.577. The molecule has 8 nitrogen and oxygen atoms in total. The predicted octanol–water partition coefficient (Wildman–Crippen LogP) is 0.472. The zero-order chi connectivity index (χ0) is 12.6. The van der Waals surface area contributed by atoms with Gasteiger partial charge < -0.3 is 9.64 Å². The number of fused-ring (bicyclic) bond motifs is 1. The lowest BCUT2D eigenvalue weighted by atomic mass is 10.5. The molecule has 2 rings (SSSR count). The van der Waals surface area contributed by atoms with Gasteiger partial charge in [-0.25, -0.2) is 4.79 Å². The second-order valence-corrected chi connectivity index (χ2v) is 3.76. The van der Waals surface area contributed by atoms with Crippen molar-refractivity contribution < 1.29 is 9.53 Å². The van der Waals surface area contributed by atoms with Crippen molar-refractivity contribution in [3.8, 4) is 5.88 Å². The van der Waals surface area contributed by atoms with Gasteiger partial charge in [0.15, 0.2) is 5.52 Å². The van der Waals surface area contributed by atoms with Crippen LogP contribution in [-0.4, -0.2) is 50.1 Å². The third-order valence-electron chi connectivity index (χ3n) is 1.84. The molecule has 0 atom stereocenters. The molecule has 2 aromatic rings. The fourth-order valence-electron chi connectivity index (χ4n) is 1.10. The Balaban J connectivity index is 2.48. The second-order valence-electron chi connectivity index (χ2n) is 3.42. The number of halogens is 1. The molecular formula is C8H9ClN6O2. The van der Waals surface area contributed by atoms with E-state index in [1.54, 1.807) is 21.1 Å². The number of hydrogen-bond donors (Lipinski definition) is 0. The van der Waals surface area contributed by atoms with Gasteiger partial charge in [0, 0.05) is 21.1 Å². The fourth-order valence-corrected chi connectivity index (χ4v) is 1.26. The number of carbonyl (C=O) groups excluding carboxylic acids is 1. The molecule has 2 heterocycles. The number of carbonyl (C=O) groups is 1. The van der Waals surface area contributed by atoms with Crippen LogP contribution in [-0.2, 0) is 7.05 Å². The highest BCUT2D eigenvalue weighted by molar-refractivity contribution is 6.28. The monoisotopic (exact) mass is 256 g/mol. The quantitative estimate of drug-likeness (QED) is 0.690. The van der Waals surface area contributed by atoms with E-state index in [-0.39, 0.29) is 22.3 Å². The summed E-state index contributed by atoms with van der Waals surface area (Å²) in [5.74, 6) is -0.00759.